The molecule has 3 heterocycles. The van der Waals surface area contributed by atoms with Crippen LogP contribution < -0.4 is 5.32 Å². The summed E-state index contributed by atoms with van der Waals surface area (Å²) in [6.07, 6.45) is 3.80. The molecule has 1 aliphatic heterocycles. The molecule has 2 aromatic heterocycles. The van der Waals surface area contributed by atoms with Gasteiger partial charge in [0.25, 0.3) is 0 Å². The summed E-state index contributed by atoms with van der Waals surface area (Å²) < 4.78 is 7.33. The van der Waals surface area contributed by atoms with Gasteiger partial charge < -0.3 is 19.5 Å². The van der Waals surface area contributed by atoms with Crippen molar-refractivity contribution in [2.24, 2.45) is 0 Å². The van der Waals surface area contributed by atoms with E-state index in [1.54, 1.807) is 13.1 Å². The Bertz CT molecular complexity index is 1030. The third kappa shape index (κ3) is 3.93. The highest BCUT2D eigenvalue weighted by molar-refractivity contribution is 7.80. The fourth-order valence-electron chi connectivity index (χ4n) is 3.82. The summed E-state index contributed by atoms with van der Waals surface area (Å²) in [6, 6.07) is 17.8. The number of thiocarbonyl (C=S) groups is 1. The number of pyridine rings is 1. The maximum Gasteiger partial charge on any atom is 0.325 e. The highest BCUT2D eigenvalue weighted by Gasteiger charge is 2.42. The average molecular weight is 421 g/mol. The Morgan fingerprint density at radius 3 is 2.67 bits per heavy atom. The summed E-state index contributed by atoms with van der Waals surface area (Å²) in [5.74, 6) is -0.304. The molecule has 0 spiro atoms. The van der Waals surface area contributed by atoms with Gasteiger partial charge in [0, 0.05) is 23.8 Å². The zero-order valence-electron chi connectivity index (χ0n) is 17.0. The summed E-state index contributed by atoms with van der Waals surface area (Å²) in [4.78, 5) is 18.8. The summed E-state index contributed by atoms with van der Waals surface area (Å²) in [6.45, 7) is 4.28. The molecule has 0 bridgehead atoms. The second-order valence-corrected chi connectivity index (χ2v) is 7.58. The van der Waals surface area contributed by atoms with Crippen molar-refractivity contribution in [3.05, 3.63) is 83.9 Å². The molecule has 1 aliphatic rings. The maximum atomic E-state index is 12.3. The number of rotatable bonds is 6. The first-order valence-corrected chi connectivity index (χ1v) is 10.4. The van der Waals surface area contributed by atoms with Crippen molar-refractivity contribution in [3.63, 3.8) is 0 Å². The molecule has 4 rings (SSSR count). The van der Waals surface area contributed by atoms with E-state index < -0.39 is 0 Å². The molecular weight excluding hydrogens is 396 g/mol. The Morgan fingerprint density at radius 1 is 1.17 bits per heavy atom. The Morgan fingerprint density at radius 2 is 1.97 bits per heavy atom. The molecule has 0 saturated carbocycles. The summed E-state index contributed by atoms with van der Waals surface area (Å²) in [5.41, 5.74) is 4.14. The van der Waals surface area contributed by atoms with Gasteiger partial charge in [-0.15, -0.1) is 0 Å². The number of ether oxygens (including phenoxy) is 1. The standard InChI is InChI=1S/C23H24N4O2S/c1-3-29-20(28)15-27-22(21(25-23(27)30)18-7-4-5-13-24-18)19-8-6-14-26(19)17-11-9-16(2)10-12-17/h4-14,21-22H,3,15H2,1-2H3,(H,25,30)/t21-,22+/m1/s1. The van der Waals surface area contributed by atoms with E-state index in [0.29, 0.717) is 11.7 Å². The zero-order valence-corrected chi connectivity index (χ0v) is 17.8. The van der Waals surface area contributed by atoms with Crippen LogP contribution >= 0.6 is 12.2 Å². The number of carbonyl (C=O) groups is 1. The highest BCUT2D eigenvalue weighted by Crippen LogP contribution is 2.39. The number of aryl methyl sites for hydroxylation is 1. The lowest BCUT2D eigenvalue weighted by atomic mass is 10.0. The van der Waals surface area contributed by atoms with E-state index in [0.717, 1.165) is 17.1 Å². The first kappa shape index (κ1) is 20.1. The normalized spacial score (nSPS) is 18.3. The minimum Gasteiger partial charge on any atom is -0.465 e. The number of nitrogens with one attached hydrogen (secondary N) is 1. The molecule has 1 fully saturated rings. The lowest BCUT2D eigenvalue weighted by Gasteiger charge is -2.28. The molecular formula is C23H24N4O2S. The van der Waals surface area contributed by atoms with E-state index in [1.165, 1.54) is 5.56 Å². The van der Waals surface area contributed by atoms with Crippen LogP contribution in [0.1, 0.15) is 36.0 Å². The molecule has 154 valence electrons. The monoisotopic (exact) mass is 420 g/mol. The van der Waals surface area contributed by atoms with Gasteiger partial charge in [-0.25, -0.2) is 0 Å². The van der Waals surface area contributed by atoms with Crippen molar-refractivity contribution >= 4 is 23.3 Å². The van der Waals surface area contributed by atoms with Crippen LogP contribution in [0.2, 0.25) is 0 Å². The molecule has 0 amide bonds. The van der Waals surface area contributed by atoms with E-state index in [9.17, 15) is 4.79 Å². The molecule has 2 atom stereocenters. The van der Waals surface area contributed by atoms with Crippen molar-refractivity contribution in [3.8, 4) is 5.69 Å². The van der Waals surface area contributed by atoms with Gasteiger partial charge in [-0.3, -0.25) is 9.78 Å². The van der Waals surface area contributed by atoms with Crippen molar-refractivity contribution in [2.75, 3.05) is 13.2 Å². The van der Waals surface area contributed by atoms with Gasteiger partial charge in [0.1, 0.15) is 6.54 Å². The largest absolute Gasteiger partial charge is 0.465 e. The summed E-state index contributed by atoms with van der Waals surface area (Å²) >= 11 is 5.62. The Labute approximate surface area is 181 Å². The Balaban J connectivity index is 1.77. The fraction of sp³-hybridized carbons (Fsp3) is 0.261. The lowest BCUT2D eigenvalue weighted by Crippen LogP contribution is -2.36. The Hall–Kier alpha value is -3.19. The number of carbonyl (C=O) groups excluding carboxylic acids is 1. The van der Waals surface area contributed by atoms with Crippen LogP contribution in [0.15, 0.2) is 67.0 Å². The van der Waals surface area contributed by atoms with Crippen LogP contribution in [-0.2, 0) is 9.53 Å². The lowest BCUT2D eigenvalue weighted by molar-refractivity contribution is -0.143. The predicted octanol–water partition coefficient (Wildman–Crippen LogP) is 3.72. The molecule has 30 heavy (non-hydrogen) atoms. The number of esters is 1. The topological polar surface area (TPSA) is 59.4 Å². The smallest absolute Gasteiger partial charge is 0.325 e. The first-order valence-electron chi connectivity index (χ1n) is 9.96. The van der Waals surface area contributed by atoms with Crippen molar-refractivity contribution < 1.29 is 9.53 Å². The number of aromatic nitrogens is 2. The van der Waals surface area contributed by atoms with Crippen LogP contribution in [0, 0.1) is 6.92 Å². The maximum absolute atomic E-state index is 12.3. The number of hydrogen-bond donors (Lipinski definition) is 1. The molecule has 1 aromatic carbocycles. The average Bonchev–Trinajstić information content (AvgIpc) is 3.34. The van der Waals surface area contributed by atoms with E-state index in [4.69, 9.17) is 17.0 Å². The molecule has 6 nitrogen and oxygen atoms in total. The van der Waals surface area contributed by atoms with Gasteiger partial charge in [-0.2, -0.15) is 0 Å². The van der Waals surface area contributed by atoms with Gasteiger partial charge in [0.05, 0.1) is 24.4 Å². The number of hydrogen-bond acceptors (Lipinski definition) is 4. The van der Waals surface area contributed by atoms with Crippen molar-refractivity contribution in [2.45, 2.75) is 25.9 Å². The van der Waals surface area contributed by atoms with Gasteiger partial charge >= 0.3 is 5.97 Å². The van der Waals surface area contributed by atoms with Crippen LogP contribution in [0.3, 0.4) is 0 Å². The molecule has 1 saturated heterocycles. The number of nitrogens with zero attached hydrogens (tertiary/aromatic N) is 3. The third-order valence-corrected chi connectivity index (χ3v) is 5.55. The van der Waals surface area contributed by atoms with Crippen LogP contribution in [0.4, 0.5) is 0 Å². The molecule has 0 radical (unpaired) electrons. The molecule has 7 heteroatoms. The van der Waals surface area contributed by atoms with Gasteiger partial charge in [-0.05, 0) is 62.5 Å². The van der Waals surface area contributed by atoms with E-state index in [2.05, 4.69) is 52.1 Å². The van der Waals surface area contributed by atoms with Crippen molar-refractivity contribution in [1.82, 2.24) is 19.8 Å². The van der Waals surface area contributed by atoms with Gasteiger partial charge in [-0.1, -0.05) is 23.8 Å². The summed E-state index contributed by atoms with van der Waals surface area (Å²) in [5, 5.41) is 3.88. The van der Waals surface area contributed by atoms with Gasteiger partial charge in [0.15, 0.2) is 5.11 Å². The number of benzene rings is 1. The van der Waals surface area contributed by atoms with E-state index >= 15 is 0 Å². The van der Waals surface area contributed by atoms with E-state index in [-0.39, 0.29) is 24.6 Å². The molecule has 1 N–H and O–H groups in total. The first-order chi connectivity index (χ1) is 14.6. The predicted molar refractivity (Wildman–Crippen MR) is 119 cm³/mol. The molecule has 0 aliphatic carbocycles. The van der Waals surface area contributed by atoms with Gasteiger partial charge in [0.2, 0.25) is 0 Å². The molecule has 0 unspecified atom stereocenters. The minimum atomic E-state index is -0.304. The SMILES string of the molecule is CCOC(=O)CN1C(=S)N[C@H](c2ccccn2)[C@@H]1c1cccn1-c1ccc(C)cc1. The quantitative estimate of drug-likeness (QED) is 0.485. The van der Waals surface area contributed by atoms with Crippen molar-refractivity contribution in [1.29, 1.82) is 0 Å². The van der Waals surface area contributed by atoms with E-state index in [1.807, 2.05) is 35.4 Å². The van der Waals surface area contributed by atoms with Crippen LogP contribution in [0.5, 0.6) is 0 Å². The highest BCUT2D eigenvalue weighted by atomic mass is 32.1. The fourth-order valence-corrected chi connectivity index (χ4v) is 4.12. The second kappa shape index (κ2) is 8.67. The van der Waals surface area contributed by atoms with Crippen LogP contribution in [-0.4, -0.2) is 38.7 Å². The van der Waals surface area contributed by atoms with Crippen LogP contribution in [0.25, 0.3) is 5.69 Å². The second-order valence-electron chi connectivity index (χ2n) is 7.20. The summed E-state index contributed by atoms with van der Waals surface area (Å²) in [7, 11) is 0. The Kier molecular flexibility index (Phi) is 5.81. The minimum absolute atomic E-state index is 0.0761. The third-order valence-electron chi connectivity index (χ3n) is 5.20. The molecule has 3 aromatic rings. The zero-order chi connectivity index (χ0) is 21.1.